The second-order valence-electron chi connectivity index (χ2n) is 10.2. The molecule has 0 amide bonds. The number of rotatable bonds is 5. The Kier molecular flexibility index (Phi) is 6.97. The van der Waals surface area contributed by atoms with Gasteiger partial charge >= 0.3 is 5.76 Å². The summed E-state index contributed by atoms with van der Waals surface area (Å²) in [5.41, 5.74) is 0.307. The van der Waals surface area contributed by atoms with Gasteiger partial charge in [0.05, 0.1) is 18.2 Å². The van der Waals surface area contributed by atoms with Gasteiger partial charge in [0.15, 0.2) is 11.3 Å². The zero-order valence-corrected chi connectivity index (χ0v) is 23.6. The SMILES string of the molecule is CC1COCCC1(F)c1nc2nc(-c3noc(=O)[nH]3)nc(-c3cncc(Cl)c3)c2n1CC1CCC(I)CC1. The van der Waals surface area contributed by atoms with Gasteiger partial charge in [-0.3, -0.25) is 14.5 Å². The molecule has 4 aromatic rings. The number of ether oxygens (including phenoxy) is 1. The second-order valence-corrected chi connectivity index (χ2v) is 12.4. The number of nitrogens with zero attached hydrogens (tertiary/aromatic N) is 6. The summed E-state index contributed by atoms with van der Waals surface area (Å²) in [6, 6.07) is 1.74. The van der Waals surface area contributed by atoms with Gasteiger partial charge in [-0.05, 0) is 37.7 Å². The van der Waals surface area contributed by atoms with Crippen molar-refractivity contribution in [3.05, 3.63) is 39.9 Å². The van der Waals surface area contributed by atoms with Crippen LogP contribution in [0.5, 0.6) is 0 Å². The maximum absolute atomic E-state index is 16.9. The van der Waals surface area contributed by atoms with Crippen LogP contribution >= 0.6 is 34.2 Å². The molecule has 10 nitrogen and oxygen atoms in total. The van der Waals surface area contributed by atoms with Crippen molar-refractivity contribution in [2.45, 2.75) is 55.2 Å². The summed E-state index contributed by atoms with van der Waals surface area (Å²) in [6.45, 7) is 3.07. The first-order valence-electron chi connectivity index (χ1n) is 12.7. The van der Waals surface area contributed by atoms with Crippen molar-refractivity contribution >= 4 is 45.4 Å². The van der Waals surface area contributed by atoms with E-state index in [-0.39, 0.29) is 18.1 Å². The number of aromatic amines is 1. The third kappa shape index (κ3) is 4.75. The molecule has 200 valence electrons. The third-order valence-corrected chi connectivity index (χ3v) is 9.03. The Hall–Kier alpha value is -2.45. The lowest BCUT2D eigenvalue weighted by molar-refractivity contribution is -0.0651. The highest BCUT2D eigenvalue weighted by atomic mass is 127. The third-order valence-electron chi connectivity index (χ3n) is 7.58. The molecule has 4 aromatic heterocycles. The first kappa shape index (κ1) is 25.8. The summed E-state index contributed by atoms with van der Waals surface area (Å²) in [6.07, 6.45) is 7.74. The number of hydrogen-bond acceptors (Lipinski definition) is 8. The smallest absolute Gasteiger partial charge is 0.381 e. The molecule has 1 aliphatic heterocycles. The quantitative estimate of drug-likeness (QED) is 0.233. The van der Waals surface area contributed by atoms with E-state index < -0.39 is 17.3 Å². The maximum Gasteiger partial charge on any atom is 0.439 e. The van der Waals surface area contributed by atoms with Gasteiger partial charge in [-0.25, -0.2) is 24.1 Å². The molecule has 0 aromatic carbocycles. The zero-order valence-electron chi connectivity index (χ0n) is 20.7. The highest BCUT2D eigenvalue weighted by Gasteiger charge is 2.46. The van der Waals surface area contributed by atoms with Gasteiger partial charge in [0.2, 0.25) is 11.6 Å². The summed E-state index contributed by atoms with van der Waals surface area (Å²) < 4.78 is 29.8. The Morgan fingerprint density at radius 1 is 1.24 bits per heavy atom. The Morgan fingerprint density at radius 3 is 2.76 bits per heavy atom. The molecule has 0 bridgehead atoms. The van der Waals surface area contributed by atoms with E-state index in [1.165, 1.54) is 6.20 Å². The van der Waals surface area contributed by atoms with Crippen molar-refractivity contribution < 1.29 is 13.7 Å². The van der Waals surface area contributed by atoms with Crippen LogP contribution in [0.15, 0.2) is 27.8 Å². The molecule has 1 saturated heterocycles. The number of aromatic nitrogens is 7. The topological polar surface area (TPSA) is 125 Å². The summed E-state index contributed by atoms with van der Waals surface area (Å²) in [4.78, 5) is 32.6. The van der Waals surface area contributed by atoms with E-state index in [1.54, 1.807) is 12.3 Å². The van der Waals surface area contributed by atoms with Gasteiger partial charge in [0.25, 0.3) is 0 Å². The summed E-state index contributed by atoms with van der Waals surface area (Å²) >= 11 is 8.82. The molecule has 2 unspecified atom stereocenters. The highest BCUT2D eigenvalue weighted by molar-refractivity contribution is 14.1. The molecule has 13 heteroatoms. The molecule has 2 aliphatic rings. The van der Waals surface area contributed by atoms with E-state index in [2.05, 4.69) is 47.2 Å². The van der Waals surface area contributed by atoms with Crippen LogP contribution in [-0.4, -0.2) is 51.8 Å². The largest absolute Gasteiger partial charge is 0.439 e. The van der Waals surface area contributed by atoms with E-state index in [0.29, 0.717) is 62.9 Å². The van der Waals surface area contributed by atoms with Crippen LogP contribution in [0.25, 0.3) is 34.1 Å². The number of imidazole rings is 1. The van der Waals surface area contributed by atoms with Crippen LogP contribution in [0, 0.1) is 11.8 Å². The average molecular weight is 654 g/mol. The fraction of sp³-hybridized carbons (Fsp3) is 0.520. The predicted molar refractivity (Wildman–Crippen MR) is 147 cm³/mol. The first-order chi connectivity index (χ1) is 18.3. The summed E-state index contributed by atoms with van der Waals surface area (Å²) in [5, 5.41) is 4.18. The van der Waals surface area contributed by atoms with Crippen molar-refractivity contribution in [2.75, 3.05) is 13.2 Å². The van der Waals surface area contributed by atoms with E-state index in [4.69, 9.17) is 26.3 Å². The predicted octanol–water partition coefficient (Wildman–Crippen LogP) is 5.10. The molecule has 1 N–H and O–H groups in total. The number of fused-ring (bicyclic) bond motifs is 1. The number of H-pyrrole nitrogens is 1. The van der Waals surface area contributed by atoms with Gasteiger partial charge in [-0.15, -0.1) is 0 Å². The molecule has 0 spiro atoms. The molecular formula is C25H26ClFIN7O3. The van der Waals surface area contributed by atoms with Crippen molar-refractivity contribution in [2.24, 2.45) is 11.8 Å². The van der Waals surface area contributed by atoms with E-state index >= 15 is 4.39 Å². The molecule has 1 saturated carbocycles. The van der Waals surface area contributed by atoms with Gasteiger partial charge in [-0.2, -0.15) is 0 Å². The fourth-order valence-electron chi connectivity index (χ4n) is 5.46. The van der Waals surface area contributed by atoms with Crippen LogP contribution in [0.4, 0.5) is 4.39 Å². The fourth-order valence-corrected chi connectivity index (χ4v) is 6.35. The molecule has 2 fully saturated rings. The van der Waals surface area contributed by atoms with Crippen molar-refractivity contribution in [3.63, 3.8) is 0 Å². The number of halogens is 3. The normalized spacial score (nSPS) is 26.2. The van der Waals surface area contributed by atoms with Crippen molar-refractivity contribution in [1.29, 1.82) is 0 Å². The van der Waals surface area contributed by atoms with Crippen LogP contribution < -0.4 is 5.76 Å². The molecule has 1 aliphatic carbocycles. The molecule has 2 atom stereocenters. The minimum atomic E-state index is -1.70. The van der Waals surface area contributed by atoms with Crippen LogP contribution in [0.2, 0.25) is 5.02 Å². The Balaban J connectivity index is 1.61. The lowest BCUT2D eigenvalue weighted by atomic mass is 9.85. The molecule has 5 heterocycles. The van der Waals surface area contributed by atoms with Crippen molar-refractivity contribution in [1.82, 2.24) is 34.6 Å². The monoisotopic (exact) mass is 653 g/mol. The standard InChI is InChI=1S/C25H26ClFIN7O3/c1-13-12-37-7-6-25(13,27)23-32-20-19(35(23)11-14-2-4-17(28)5-3-14)18(15-8-16(26)10-29-9-15)30-21(31-20)22-33-24(36)38-34-22/h8-10,13-14,17H,2-7,11-12H2,1H3,(H,33,34,36). The summed E-state index contributed by atoms with van der Waals surface area (Å²) in [5.74, 6) is -0.270. The molecule has 6 rings (SSSR count). The van der Waals surface area contributed by atoms with Crippen LogP contribution in [-0.2, 0) is 17.0 Å². The van der Waals surface area contributed by atoms with Crippen LogP contribution in [0.1, 0.15) is 44.9 Å². The second kappa shape index (κ2) is 10.3. The average Bonchev–Trinajstić information content (AvgIpc) is 3.51. The lowest BCUT2D eigenvalue weighted by Crippen LogP contribution is -2.40. The number of alkyl halides is 2. The van der Waals surface area contributed by atoms with E-state index in [0.717, 1.165) is 25.7 Å². The number of hydrogen-bond donors (Lipinski definition) is 1. The van der Waals surface area contributed by atoms with Gasteiger partial charge in [0.1, 0.15) is 17.0 Å². The minimum absolute atomic E-state index is 0.0546. The maximum atomic E-state index is 16.9. The van der Waals surface area contributed by atoms with Crippen molar-refractivity contribution in [3.8, 4) is 22.9 Å². The minimum Gasteiger partial charge on any atom is -0.381 e. The lowest BCUT2D eigenvalue weighted by Gasteiger charge is -2.36. The van der Waals surface area contributed by atoms with Crippen LogP contribution in [0.3, 0.4) is 0 Å². The van der Waals surface area contributed by atoms with Gasteiger partial charge in [0, 0.05) is 40.8 Å². The van der Waals surface area contributed by atoms with Gasteiger partial charge < -0.3 is 9.30 Å². The Morgan fingerprint density at radius 2 is 2.05 bits per heavy atom. The van der Waals surface area contributed by atoms with E-state index in [1.807, 2.05) is 11.5 Å². The summed E-state index contributed by atoms with van der Waals surface area (Å²) in [7, 11) is 0. The van der Waals surface area contributed by atoms with Gasteiger partial charge in [-0.1, -0.05) is 46.3 Å². The number of pyridine rings is 1. The zero-order chi connectivity index (χ0) is 26.4. The molecule has 0 radical (unpaired) electrons. The molecule has 38 heavy (non-hydrogen) atoms. The number of nitrogens with one attached hydrogen (secondary N) is 1. The Bertz CT molecular complexity index is 1530. The highest BCUT2D eigenvalue weighted by Crippen LogP contribution is 2.43. The first-order valence-corrected chi connectivity index (χ1v) is 14.3. The Labute approximate surface area is 235 Å². The van der Waals surface area contributed by atoms with E-state index in [9.17, 15) is 4.79 Å². The molecular weight excluding hydrogens is 628 g/mol.